The summed E-state index contributed by atoms with van der Waals surface area (Å²) in [5.74, 6) is 0. The maximum absolute atomic E-state index is 11.6. The molecule has 0 saturated carbocycles. The zero-order valence-electron chi connectivity index (χ0n) is 5.51. The predicted octanol–water partition coefficient (Wildman–Crippen LogP) is 1.84. The van der Waals surface area contributed by atoms with Crippen LogP contribution in [0.2, 0.25) is 0 Å². The topological polar surface area (TPSA) is 37.3 Å². The highest BCUT2D eigenvalue weighted by Gasteiger charge is 2.44. The van der Waals surface area contributed by atoms with E-state index in [1.165, 1.54) is 0 Å². The number of hydrogen-bond donors (Lipinski definition) is 1. The van der Waals surface area contributed by atoms with E-state index in [4.69, 9.17) is 4.89 Å². The van der Waals surface area contributed by atoms with Crippen LogP contribution in [0.5, 0.6) is 0 Å². The molecule has 2 unspecified atom stereocenters. The summed E-state index contributed by atoms with van der Waals surface area (Å²) in [7, 11) is -4.00. The Kier molecular flexibility index (Phi) is 2.54. The summed E-state index contributed by atoms with van der Waals surface area (Å²) in [4.78, 5) is 8.46. The van der Waals surface area contributed by atoms with E-state index in [1.807, 2.05) is 0 Å². The molecule has 0 fully saturated rings. The first-order chi connectivity index (χ1) is 4.15. The molecule has 0 aromatic rings. The van der Waals surface area contributed by atoms with Crippen LogP contribution in [-0.2, 0) is 4.57 Å². The van der Waals surface area contributed by atoms with Crippen LogP contribution in [0.3, 0.4) is 0 Å². The first kappa shape index (κ1) is 9.98. The summed E-state index contributed by atoms with van der Waals surface area (Å²) in [6.07, 6.45) is -4.57. The van der Waals surface area contributed by atoms with Gasteiger partial charge >= 0.3 is 6.18 Å². The summed E-state index contributed by atoms with van der Waals surface area (Å²) in [6.45, 7) is 1.39. The molecule has 0 aromatic heterocycles. The van der Waals surface area contributed by atoms with Gasteiger partial charge in [-0.25, -0.2) is 0 Å². The number of alkyl halides is 3. The molecule has 0 radical (unpaired) electrons. The highest BCUT2D eigenvalue weighted by molar-refractivity contribution is 7.58. The monoisotopic (exact) mass is 176 g/mol. The Morgan fingerprint density at radius 1 is 1.50 bits per heavy atom. The van der Waals surface area contributed by atoms with Crippen LogP contribution >= 0.6 is 7.37 Å². The second-order valence-electron chi connectivity index (χ2n) is 2.16. The number of hydrogen-bond acceptors (Lipinski definition) is 1. The third-order valence-electron chi connectivity index (χ3n) is 1.19. The molecule has 1 N–H and O–H groups in total. The van der Waals surface area contributed by atoms with Gasteiger partial charge in [-0.3, -0.25) is 4.57 Å². The fourth-order valence-corrected chi connectivity index (χ4v) is 0.815. The van der Waals surface area contributed by atoms with Gasteiger partial charge in [0.05, 0.1) is 0 Å². The molecule has 0 aliphatic carbocycles. The van der Waals surface area contributed by atoms with Crippen LogP contribution in [0.25, 0.3) is 0 Å². The van der Waals surface area contributed by atoms with E-state index < -0.39 is 19.2 Å². The van der Waals surface area contributed by atoms with Crippen molar-refractivity contribution >= 4 is 7.37 Å². The minimum atomic E-state index is -4.57. The van der Waals surface area contributed by atoms with Gasteiger partial charge in [-0.05, 0) is 6.92 Å². The Morgan fingerprint density at radius 2 is 1.80 bits per heavy atom. The smallest absolute Gasteiger partial charge is 0.344 e. The fraction of sp³-hybridized carbons (Fsp3) is 1.00. The minimum absolute atomic E-state index is 0.695. The van der Waals surface area contributed by atoms with Crippen LogP contribution in [0, 0.1) is 0 Å². The lowest BCUT2D eigenvalue weighted by atomic mass is 10.5. The molecular weight excluding hydrogens is 168 g/mol. The van der Waals surface area contributed by atoms with Crippen molar-refractivity contribution in [1.82, 2.24) is 0 Å². The summed E-state index contributed by atoms with van der Waals surface area (Å²) >= 11 is 0. The van der Waals surface area contributed by atoms with Crippen molar-refractivity contribution in [3.05, 3.63) is 0 Å². The Bertz CT molecular complexity index is 158. The SMILES string of the molecule is CC(C(F)(F)F)P(C)(=O)O. The zero-order valence-corrected chi connectivity index (χ0v) is 6.41. The van der Waals surface area contributed by atoms with Crippen LogP contribution < -0.4 is 0 Å². The molecule has 10 heavy (non-hydrogen) atoms. The number of halogens is 3. The van der Waals surface area contributed by atoms with Gasteiger partial charge in [0.2, 0.25) is 7.37 Å². The van der Waals surface area contributed by atoms with Crippen molar-refractivity contribution in [2.24, 2.45) is 0 Å². The molecule has 62 valence electrons. The normalized spacial score (nSPS) is 21.8. The highest BCUT2D eigenvalue weighted by Crippen LogP contribution is 2.48. The molecule has 0 aliphatic rings. The van der Waals surface area contributed by atoms with Crippen molar-refractivity contribution in [3.8, 4) is 0 Å². The van der Waals surface area contributed by atoms with E-state index in [0.29, 0.717) is 13.6 Å². The quantitative estimate of drug-likeness (QED) is 0.619. The lowest BCUT2D eigenvalue weighted by Gasteiger charge is -2.17. The summed E-state index contributed by atoms with van der Waals surface area (Å²) < 4.78 is 45.2. The summed E-state index contributed by atoms with van der Waals surface area (Å²) in [5.41, 5.74) is -2.13. The molecule has 2 atom stereocenters. The van der Waals surface area contributed by atoms with Crippen LogP contribution in [0.4, 0.5) is 13.2 Å². The molecule has 0 heterocycles. The van der Waals surface area contributed by atoms with E-state index in [-0.39, 0.29) is 0 Å². The van der Waals surface area contributed by atoms with Crippen molar-refractivity contribution in [1.29, 1.82) is 0 Å². The highest BCUT2D eigenvalue weighted by atomic mass is 31.2. The van der Waals surface area contributed by atoms with Crippen molar-refractivity contribution < 1.29 is 22.6 Å². The predicted molar refractivity (Wildman–Crippen MR) is 31.3 cm³/mol. The average Bonchev–Trinajstić information content (AvgIpc) is 1.59. The van der Waals surface area contributed by atoms with Crippen molar-refractivity contribution in [3.63, 3.8) is 0 Å². The van der Waals surface area contributed by atoms with E-state index in [0.717, 1.165) is 0 Å². The lowest BCUT2D eigenvalue weighted by molar-refractivity contribution is -0.128. The van der Waals surface area contributed by atoms with E-state index in [1.54, 1.807) is 0 Å². The largest absolute Gasteiger partial charge is 0.400 e. The second-order valence-corrected chi connectivity index (χ2v) is 4.82. The third-order valence-corrected chi connectivity index (χ3v) is 2.92. The first-order valence-electron chi connectivity index (χ1n) is 2.52. The third kappa shape index (κ3) is 2.71. The van der Waals surface area contributed by atoms with Crippen LogP contribution in [0.15, 0.2) is 0 Å². The summed E-state index contributed by atoms with van der Waals surface area (Å²) in [6, 6.07) is 0. The molecule has 0 saturated heterocycles. The van der Waals surface area contributed by atoms with Crippen molar-refractivity contribution in [2.45, 2.75) is 18.8 Å². The van der Waals surface area contributed by atoms with Gasteiger partial charge in [-0.15, -0.1) is 0 Å². The summed E-state index contributed by atoms with van der Waals surface area (Å²) in [5, 5.41) is 0. The molecule has 0 spiro atoms. The Morgan fingerprint density at radius 3 is 1.80 bits per heavy atom. The molecule has 0 aliphatic heterocycles. The zero-order chi connectivity index (χ0) is 8.58. The van der Waals surface area contributed by atoms with E-state index in [9.17, 15) is 17.7 Å². The van der Waals surface area contributed by atoms with E-state index >= 15 is 0 Å². The fourth-order valence-electron chi connectivity index (χ4n) is 0.272. The second kappa shape index (κ2) is 2.55. The standard InChI is InChI=1S/C4H8F3O2P/c1-3(4(5,6)7)10(2,8)9/h3H,1-2H3,(H,8,9). The lowest BCUT2D eigenvalue weighted by Crippen LogP contribution is -2.25. The maximum atomic E-state index is 11.6. The van der Waals surface area contributed by atoms with Gasteiger partial charge in [-0.2, -0.15) is 13.2 Å². The van der Waals surface area contributed by atoms with Gasteiger partial charge in [0.1, 0.15) is 5.66 Å². The van der Waals surface area contributed by atoms with Gasteiger partial charge in [0.25, 0.3) is 0 Å². The average molecular weight is 176 g/mol. The van der Waals surface area contributed by atoms with Gasteiger partial charge in [-0.1, -0.05) is 0 Å². The molecule has 0 amide bonds. The Hall–Kier alpha value is -0.0200. The molecule has 0 aromatic carbocycles. The van der Waals surface area contributed by atoms with Gasteiger partial charge in [0, 0.05) is 6.66 Å². The molecule has 6 heteroatoms. The molecule has 0 bridgehead atoms. The Labute approximate surface area is 56.5 Å². The van der Waals surface area contributed by atoms with Crippen molar-refractivity contribution in [2.75, 3.05) is 6.66 Å². The molecular formula is C4H8F3O2P. The minimum Gasteiger partial charge on any atom is -0.344 e. The molecule has 0 rings (SSSR count). The van der Waals surface area contributed by atoms with Crippen LogP contribution in [-0.4, -0.2) is 23.4 Å². The van der Waals surface area contributed by atoms with E-state index in [2.05, 4.69) is 0 Å². The Balaban J connectivity index is 4.39. The molecule has 2 nitrogen and oxygen atoms in total. The first-order valence-corrected chi connectivity index (χ1v) is 4.70. The maximum Gasteiger partial charge on any atom is 0.400 e. The number of rotatable bonds is 1. The van der Waals surface area contributed by atoms with Crippen LogP contribution in [0.1, 0.15) is 6.92 Å². The van der Waals surface area contributed by atoms with Gasteiger partial charge < -0.3 is 4.89 Å². The van der Waals surface area contributed by atoms with Gasteiger partial charge in [0.15, 0.2) is 0 Å².